The largest absolute Gasteiger partial charge is 0.494 e. The minimum atomic E-state index is -0.457. The van der Waals surface area contributed by atoms with Crippen LogP contribution in [0.2, 0.25) is 0 Å². The van der Waals surface area contributed by atoms with E-state index in [-0.39, 0.29) is 18.0 Å². The van der Waals surface area contributed by atoms with Crippen LogP contribution in [0.3, 0.4) is 0 Å². The molecule has 40 heavy (non-hydrogen) atoms. The van der Waals surface area contributed by atoms with Crippen molar-refractivity contribution in [2.24, 2.45) is 0 Å². The van der Waals surface area contributed by atoms with Crippen LogP contribution in [0.1, 0.15) is 57.8 Å². The van der Waals surface area contributed by atoms with E-state index >= 15 is 0 Å². The van der Waals surface area contributed by atoms with Gasteiger partial charge in [-0.2, -0.15) is 0 Å². The van der Waals surface area contributed by atoms with Crippen LogP contribution in [-0.4, -0.2) is 39.6 Å². The molecule has 1 aliphatic carbocycles. The maximum absolute atomic E-state index is 14.0. The SMILES string of the molecule is CCOC(=O)c1c(NC(=O)c2c(N)n(-c3ccc(OCC)cc3)c3nc4ccccc4nc23)sc2c1CCCC2. The summed E-state index contributed by atoms with van der Waals surface area (Å²) in [5.41, 5.74) is 11.2. The summed E-state index contributed by atoms with van der Waals surface area (Å²) < 4.78 is 12.7. The number of ether oxygens (including phenoxy) is 2. The standard InChI is InChI=1S/C30H29N5O4S/c1-3-38-18-15-13-17(14-16-18)35-26(31)24(25-27(35)33-21-11-7-6-10-20(21)32-25)28(36)34-29-23(30(37)39-4-2)19-9-5-8-12-22(19)40-29/h6-7,10-11,13-16H,3-5,8-9,12,31H2,1-2H3,(H,34,36). The Morgan fingerprint density at radius 2 is 1.70 bits per heavy atom. The highest BCUT2D eigenvalue weighted by atomic mass is 32.1. The van der Waals surface area contributed by atoms with Crippen LogP contribution in [0.25, 0.3) is 27.9 Å². The highest BCUT2D eigenvalue weighted by Crippen LogP contribution is 2.40. The fourth-order valence-corrected chi connectivity index (χ4v) is 6.52. The Balaban J connectivity index is 1.49. The summed E-state index contributed by atoms with van der Waals surface area (Å²) in [6, 6.07) is 14.9. The Bertz CT molecular complexity index is 1760. The zero-order valence-corrected chi connectivity index (χ0v) is 23.1. The molecule has 1 amide bonds. The zero-order valence-electron chi connectivity index (χ0n) is 22.3. The first-order valence-electron chi connectivity index (χ1n) is 13.4. The van der Waals surface area contributed by atoms with Gasteiger partial charge < -0.3 is 20.5 Å². The summed E-state index contributed by atoms with van der Waals surface area (Å²) in [4.78, 5) is 37.7. The molecule has 0 unspecified atom stereocenters. The highest BCUT2D eigenvalue weighted by molar-refractivity contribution is 7.17. The minimum absolute atomic E-state index is 0.198. The van der Waals surface area contributed by atoms with Crippen LogP contribution in [0, 0.1) is 0 Å². The van der Waals surface area contributed by atoms with Crippen LogP contribution in [0.4, 0.5) is 10.8 Å². The molecule has 0 atom stereocenters. The van der Waals surface area contributed by atoms with Gasteiger partial charge in [0.1, 0.15) is 27.6 Å². The van der Waals surface area contributed by atoms with Gasteiger partial charge in [-0.1, -0.05) is 12.1 Å². The van der Waals surface area contributed by atoms with Crippen LogP contribution < -0.4 is 15.8 Å². The maximum Gasteiger partial charge on any atom is 0.341 e. The highest BCUT2D eigenvalue weighted by Gasteiger charge is 2.30. The number of amides is 1. The van der Waals surface area contributed by atoms with Gasteiger partial charge in [-0.3, -0.25) is 9.36 Å². The molecule has 0 spiro atoms. The lowest BCUT2D eigenvalue weighted by Gasteiger charge is -2.12. The van der Waals surface area contributed by atoms with E-state index < -0.39 is 11.9 Å². The molecule has 0 aliphatic heterocycles. The Hall–Kier alpha value is -4.44. The van der Waals surface area contributed by atoms with E-state index in [4.69, 9.17) is 25.2 Å². The van der Waals surface area contributed by atoms with Crippen LogP contribution >= 0.6 is 11.3 Å². The van der Waals surface area contributed by atoms with E-state index in [1.54, 1.807) is 11.5 Å². The molecule has 0 radical (unpaired) electrons. The molecule has 0 fully saturated rings. The molecule has 0 bridgehead atoms. The Kier molecular flexibility index (Phi) is 6.85. The van der Waals surface area contributed by atoms with Gasteiger partial charge in [0, 0.05) is 10.6 Å². The summed E-state index contributed by atoms with van der Waals surface area (Å²) in [7, 11) is 0. The molecule has 1 aliphatic rings. The van der Waals surface area contributed by atoms with Crippen molar-refractivity contribution >= 4 is 56.2 Å². The monoisotopic (exact) mass is 555 g/mol. The van der Waals surface area contributed by atoms with E-state index in [0.29, 0.717) is 45.1 Å². The fourth-order valence-electron chi connectivity index (χ4n) is 5.24. The van der Waals surface area contributed by atoms with Crippen LogP contribution in [0.5, 0.6) is 5.75 Å². The van der Waals surface area contributed by atoms with E-state index in [1.165, 1.54) is 11.3 Å². The van der Waals surface area contributed by atoms with Crippen molar-refractivity contribution in [1.82, 2.24) is 14.5 Å². The number of esters is 1. The lowest BCUT2D eigenvalue weighted by Crippen LogP contribution is -2.17. The van der Waals surface area contributed by atoms with Crippen molar-refractivity contribution in [3.63, 3.8) is 0 Å². The van der Waals surface area contributed by atoms with Crippen molar-refractivity contribution in [2.45, 2.75) is 39.5 Å². The molecular weight excluding hydrogens is 526 g/mol. The number of hydrogen-bond donors (Lipinski definition) is 2. The number of benzene rings is 2. The van der Waals surface area contributed by atoms with Crippen molar-refractivity contribution < 1.29 is 19.1 Å². The number of hydrogen-bond acceptors (Lipinski definition) is 8. The molecular formula is C30H29N5O4S. The molecule has 0 saturated heterocycles. The van der Waals surface area contributed by atoms with Gasteiger partial charge in [0.25, 0.3) is 5.91 Å². The summed E-state index contributed by atoms with van der Waals surface area (Å²) in [6.07, 6.45) is 3.70. The average Bonchev–Trinajstić information content (AvgIpc) is 3.46. The second kappa shape index (κ2) is 10.6. The molecule has 3 heterocycles. The predicted molar refractivity (Wildman–Crippen MR) is 157 cm³/mol. The van der Waals surface area contributed by atoms with Gasteiger partial charge in [0.2, 0.25) is 0 Å². The number of nitrogens with two attached hydrogens (primary N) is 1. The maximum atomic E-state index is 14.0. The van der Waals surface area contributed by atoms with Gasteiger partial charge >= 0.3 is 5.97 Å². The number of nitrogen functional groups attached to an aromatic ring is 1. The summed E-state index contributed by atoms with van der Waals surface area (Å²) in [5, 5.41) is 3.47. The Morgan fingerprint density at radius 1 is 0.975 bits per heavy atom. The third-order valence-electron chi connectivity index (χ3n) is 7.01. The van der Waals surface area contributed by atoms with Crippen molar-refractivity contribution in [2.75, 3.05) is 24.3 Å². The molecule has 2 aromatic carbocycles. The van der Waals surface area contributed by atoms with Crippen molar-refractivity contribution in [1.29, 1.82) is 0 Å². The number of aromatic nitrogens is 3. The smallest absolute Gasteiger partial charge is 0.341 e. The average molecular weight is 556 g/mol. The third kappa shape index (κ3) is 4.44. The van der Waals surface area contributed by atoms with Gasteiger partial charge in [-0.25, -0.2) is 14.8 Å². The topological polar surface area (TPSA) is 121 Å². The molecule has 3 aromatic heterocycles. The predicted octanol–water partition coefficient (Wildman–Crippen LogP) is 5.92. The third-order valence-corrected chi connectivity index (χ3v) is 8.22. The number of carbonyl (C=O) groups excluding carboxylic acids is 2. The first-order valence-corrected chi connectivity index (χ1v) is 14.2. The van der Waals surface area contributed by atoms with Crippen molar-refractivity contribution in [3.8, 4) is 11.4 Å². The number of carbonyl (C=O) groups is 2. The number of para-hydroxylation sites is 2. The fraction of sp³-hybridized carbons (Fsp3) is 0.267. The molecule has 10 heteroatoms. The number of rotatable bonds is 7. The normalized spacial score (nSPS) is 12.8. The van der Waals surface area contributed by atoms with Gasteiger partial charge in [-0.05, 0) is 81.5 Å². The van der Waals surface area contributed by atoms with Crippen LogP contribution in [0.15, 0.2) is 48.5 Å². The molecule has 9 nitrogen and oxygen atoms in total. The molecule has 204 valence electrons. The molecule has 5 aromatic rings. The Morgan fingerprint density at radius 3 is 2.42 bits per heavy atom. The second-order valence-electron chi connectivity index (χ2n) is 9.50. The van der Waals surface area contributed by atoms with Gasteiger partial charge in [0.05, 0.1) is 29.8 Å². The lowest BCUT2D eigenvalue weighted by atomic mass is 9.95. The van der Waals surface area contributed by atoms with E-state index in [9.17, 15) is 9.59 Å². The second-order valence-corrected chi connectivity index (χ2v) is 10.6. The number of anilines is 2. The number of fused-ring (bicyclic) bond motifs is 3. The first-order chi connectivity index (χ1) is 19.5. The number of nitrogens with zero attached hydrogens (tertiary/aromatic N) is 3. The zero-order chi connectivity index (χ0) is 27.8. The number of thiophene rings is 1. The summed E-state index contributed by atoms with van der Waals surface area (Å²) in [6.45, 7) is 4.50. The van der Waals surface area contributed by atoms with Gasteiger partial charge in [0.15, 0.2) is 5.65 Å². The first kappa shape index (κ1) is 25.8. The van der Waals surface area contributed by atoms with Crippen LogP contribution in [-0.2, 0) is 17.6 Å². The van der Waals surface area contributed by atoms with E-state index in [1.807, 2.05) is 55.5 Å². The molecule has 3 N–H and O–H groups in total. The quantitative estimate of drug-likeness (QED) is 0.239. The van der Waals surface area contributed by atoms with E-state index in [2.05, 4.69) is 5.32 Å². The molecule has 0 saturated carbocycles. The lowest BCUT2D eigenvalue weighted by molar-refractivity contribution is 0.0526. The van der Waals surface area contributed by atoms with E-state index in [0.717, 1.165) is 41.9 Å². The Labute approximate surface area is 234 Å². The summed E-state index contributed by atoms with van der Waals surface area (Å²) in [5.74, 6) is 0.0450. The minimum Gasteiger partial charge on any atom is -0.494 e. The number of nitrogens with one attached hydrogen (secondary N) is 1. The van der Waals surface area contributed by atoms with Crippen molar-refractivity contribution in [3.05, 3.63) is 70.1 Å². The molecule has 6 rings (SSSR count). The number of aryl methyl sites for hydroxylation is 1. The summed E-state index contributed by atoms with van der Waals surface area (Å²) >= 11 is 1.43. The van der Waals surface area contributed by atoms with Gasteiger partial charge in [-0.15, -0.1) is 11.3 Å².